The summed E-state index contributed by atoms with van der Waals surface area (Å²) in [6.45, 7) is 14.6. The summed E-state index contributed by atoms with van der Waals surface area (Å²) in [4.78, 5) is 50.1. The number of amides is 3. The van der Waals surface area contributed by atoms with Crippen molar-refractivity contribution in [1.82, 2.24) is 20.1 Å². The lowest BCUT2D eigenvalue weighted by Gasteiger charge is -2.52. The Hall–Kier alpha value is -2.34. The topological polar surface area (TPSA) is 132 Å². The van der Waals surface area contributed by atoms with E-state index in [4.69, 9.17) is 4.74 Å². The number of carbonyl (C=O) groups excluding carboxylic acids is 3. The van der Waals surface area contributed by atoms with Gasteiger partial charge in [0, 0.05) is 42.4 Å². The summed E-state index contributed by atoms with van der Waals surface area (Å²) in [5, 5.41) is 25.3. The Kier molecular flexibility index (Phi) is 9.34. The van der Waals surface area contributed by atoms with Gasteiger partial charge < -0.3 is 30.1 Å². The van der Waals surface area contributed by atoms with Gasteiger partial charge in [-0.15, -0.1) is 11.3 Å². The van der Waals surface area contributed by atoms with E-state index in [1.165, 1.54) is 11.3 Å². The Bertz CT molecular complexity index is 1320. The maximum Gasteiger partial charge on any atom is 0.265 e. The fourth-order valence-corrected chi connectivity index (χ4v) is 8.60. The number of aryl methyl sites for hydroxylation is 2. The maximum absolute atomic E-state index is 14.2. The van der Waals surface area contributed by atoms with Gasteiger partial charge in [-0.3, -0.25) is 14.4 Å². The first-order valence-corrected chi connectivity index (χ1v) is 17.3. The molecule has 3 heterocycles. The van der Waals surface area contributed by atoms with E-state index in [1.807, 2.05) is 39.5 Å². The van der Waals surface area contributed by atoms with Crippen LogP contribution in [-0.2, 0) is 14.3 Å². The molecule has 2 aliphatic heterocycles. The van der Waals surface area contributed by atoms with Crippen molar-refractivity contribution >= 4 is 29.1 Å². The normalized spacial score (nSPS) is 26.1. The van der Waals surface area contributed by atoms with Crippen molar-refractivity contribution in [3.63, 3.8) is 0 Å². The molecule has 1 aromatic heterocycles. The molecular formula is C34H52N4O6S. The number of thiazole rings is 1. The first kappa shape index (κ1) is 34.0. The Balaban J connectivity index is 1.34. The number of hydrogen-bond donors (Lipinski definition) is 3. The lowest BCUT2D eigenvalue weighted by Crippen LogP contribution is -2.67. The number of nitrogens with zero attached hydrogens (tertiary/aromatic N) is 3. The predicted octanol–water partition coefficient (Wildman–Crippen LogP) is 3.48. The molecule has 3 N–H and O–H groups in total. The van der Waals surface area contributed by atoms with Gasteiger partial charge in [-0.05, 0) is 72.6 Å². The number of aliphatic hydroxyl groups is 2. The Morgan fingerprint density at radius 3 is 2.33 bits per heavy atom. The third-order valence-corrected chi connectivity index (χ3v) is 11.9. The Labute approximate surface area is 271 Å². The zero-order chi connectivity index (χ0) is 32.9. The second-order valence-electron chi connectivity index (χ2n) is 15.4. The van der Waals surface area contributed by atoms with E-state index in [9.17, 15) is 24.6 Å². The molecule has 45 heavy (non-hydrogen) atoms. The van der Waals surface area contributed by atoms with Gasteiger partial charge in [-0.1, -0.05) is 26.0 Å². The van der Waals surface area contributed by atoms with Crippen LogP contribution in [0.25, 0.3) is 0 Å². The maximum atomic E-state index is 14.2. The third-order valence-electron chi connectivity index (χ3n) is 10.9. The summed E-state index contributed by atoms with van der Waals surface area (Å²) >= 11 is 1.36. The number of hydrogen-bond acceptors (Lipinski definition) is 8. The molecule has 0 aromatic carbocycles. The molecule has 1 saturated carbocycles. The largest absolute Gasteiger partial charge is 0.396 e. The van der Waals surface area contributed by atoms with Gasteiger partial charge in [0.05, 0.1) is 47.6 Å². The minimum Gasteiger partial charge on any atom is -0.396 e. The van der Waals surface area contributed by atoms with Gasteiger partial charge in [0.2, 0.25) is 11.8 Å². The molecular weight excluding hydrogens is 592 g/mol. The van der Waals surface area contributed by atoms with Crippen LogP contribution >= 0.6 is 11.3 Å². The summed E-state index contributed by atoms with van der Waals surface area (Å²) in [7, 11) is 0. The van der Waals surface area contributed by atoms with Crippen LogP contribution in [0.3, 0.4) is 0 Å². The number of nitrogens with one attached hydrogen (secondary N) is 1. The molecule has 2 aliphatic carbocycles. The molecule has 3 fully saturated rings. The molecule has 2 unspecified atom stereocenters. The van der Waals surface area contributed by atoms with Crippen LogP contribution in [0.5, 0.6) is 0 Å². The fourth-order valence-electron chi connectivity index (χ4n) is 7.71. The first-order chi connectivity index (χ1) is 21.0. The van der Waals surface area contributed by atoms with Crippen LogP contribution in [0, 0.1) is 41.9 Å². The Morgan fingerprint density at radius 1 is 1.13 bits per heavy atom. The molecule has 10 nitrogen and oxygen atoms in total. The van der Waals surface area contributed by atoms with Gasteiger partial charge in [-0.2, -0.15) is 0 Å². The molecule has 4 atom stereocenters. The van der Waals surface area contributed by atoms with Gasteiger partial charge in [0.1, 0.15) is 4.88 Å². The molecule has 5 rings (SSSR count). The summed E-state index contributed by atoms with van der Waals surface area (Å²) in [5.74, 6) is -0.449. The molecule has 11 heteroatoms. The molecule has 1 spiro atoms. The van der Waals surface area contributed by atoms with Crippen molar-refractivity contribution in [3.8, 4) is 0 Å². The SMILES string of the molecule is Cc1nc(C)c(C(=O)N2C[C@@H](C(=O)NC([C@@H](C)OCC3(CO)CC=CCC3)C(C)(C)O)C3(C2)CN(C(=O)C(C)(C)C2CC2)C3)s1. The predicted molar refractivity (Wildman–Crippen MR) is 173 cm³/mol. The van der Waals surface area contributed by atoms with Gasteiger partial charge in [-0.25, -0.2) is 4.98 Å². The molecule has 1 aromatic rings. The zero-order valence-electron chi connectivity index (χ0n) is 28.0. The quantitative estimate of drug-likeness (QED) is 0.315. The van der Waals surface area contributed by atoms with Crippen LogP contribution in [-0.4, -0.2) is 99.9 Å². The summed E-state index contributed by atoms with van der Waals surface area (Å²) < 4.78 is 6.28. The number of likely N-dealkylation sites (tertiary alicyclic amines) is 2. The lowest BCUT2D eigenvalue weighted by molar-refractivity contribution is -0.159. The molecule has 0 radical (unpaired) electrons. The second kappa shape index (κ2) is 12.4. The van der Waals surface area contributed by atoms with Gasteiger partial charge in [0.15, 0.2) is 0 Å². The van der Waals surface area contributed by atoms with E-state index < -0.39 is 34.5 Å². The first-order valence-electron chi connectivity index (χ1n) is 16.4. The van der Waals surface area contributed by atoms with Crippen LogP contribution in [0.15, 0.2) is 12.2 Å². The smallest absolute Gasteiger partial charge is 0.265 e. The van der Waals surface area contributed by atoms with E-state index in [-0.39, 0.29) is 36.3 Å². The second-order valence-corrected chi connectivity index (χ2v) is 16.6. The minimum absolute atomic E-state index is 0.00356. The molecule has 0 bridgehead atoms. The van der Waals surface area contributed by atoms with E-state index in [0.717, 1.165) is 37.1 Å². The molecule has 2 saturated heterocycles. The lowest BCUT2D eigenvalue weighted by atomic mass is 9.69. The highest BCUT2D eigenvalue weighted by Crippen LogP contribution is 2.50. The highest BCUT2D eigenvalue weighted by Gasteiger charge is 2.61. The monoisotopic (exact) mass is 644 g/mol. The number of rotatable bonds is 11. The van der Waals surface area contributed by atoms with Crippen LogP contribution in [0.4, 0.5) is 0 Å². The van der Waals surface area contributed by atoms with Crippen molar-refractivity contribution in [2.75, 3.05) is 39.4 Å². The highest BCUT2D eigenvalue weighted by atomic mass is 32.1. The van der Waals surface area contributed by atoms with Crippen LogP contribution in [0.2, 0.25) is 0 Å². The van der Waals surface area contributed by atoms with Crippen LogP contribution < -0.4 is 5.32 Å². The average Bonchev–Trinajstić information content (AvgIpc) is 3.68. The third kappa shape index (κ3) is 6.73. The summed E-state index contributed by atoms with van der Waals surface area (Å²) in [6.07, 6.45) is 8.18. The van der Waals surface area contributed by atoms with Crippen molar-refractivity contribution in [2.24, 2.45) is 28.1 Å². The molecule has 4 aliphatic rings. The molecule has 3 amide bonds. The molecule has 250 valence electrons. The number of aliphatic hydroxyl groups excluding tert-OH is 1. The van der Waals surface area contributed by atoms with Gasteiger partial charge >= 0.3 is 0 Å². The van der Waals surface area contributed by atoms with E-state index in [1.54, 1.807) is 18.7 Å². The van der Waals surface area contributed by atoms with Gasteiger partial charge in [0.25, 0.3) is 5.91 Å². The van der Waals surface area contributed by atoms with Crippen LogP contribution in [0.1, 0.15) is 87.1 Å². The van der Waals surface area contributed by atoms with Crippen molar-refractivity contribution in [3.05, 3.63) is 27.7 Å². The standard InChI is InChI=1S/C34H52N4O6S/c1-21-26(45-23(3)35-21)29(41)37-15-25(34(16-37)17-38(18-34)30(42)31(4,5)24-11-12-24)28(40)36-27(32(6,7)43)22(2)44-20-33(19-39)13-9-8-10-14-33/h8-9,22,24-25,27,39,43H,10-20H2,1-7H3,(H,36,40)/t22-,25+,27?,33?/m1/s1. The number of ether oxygens (including phenoxy) is 1. The Morgan fingerprint density at radius 2 is 1.80 bits per heavy atom. The van der Waals surface area contributed by atoms with Crippen molar-refractivity contribution in [1.29, 1.82) is 0 Å². The highest BCUT2D eigenvalue weighted by molar-refractivity contribution is 7.13. The summed E-state index contributed by atoms with van der Waals surface area (Å²) in [6, 6.07) is -0.736. The number of allylic oxidation sites excluding steroid dienone is 2. The van der Waals surface area contributed by atoms with Crippen molar-refractivity contribution < 1.29 is 29.3 Å². The number of aromatic nitrogens is 1. The van der Waals surface area contributed by atoms with E-state index in [2.05, 4.69) is 22.5 Å². The van der Waals surface area contributed by atoms with E-state index in [0.29, 0.717) is 42.7 Å². The fraction of sp³-hybridized carbons (Fsp3) is 0.765. The summed E-state index contributed by atoms with van der Waals surface area (Å²) in [5.41, 5.74) is -2.02. The number of carbonyl (C=O) groups is 3. The van der Waals surface area contributed by atoms with Crippen molar-refractivity contribution in [2.45, 2.75) is 98.3 Å². The average molecular weight is 645 g/mol. The van der Waals surface area contributed by atoms with E-state index >= 15 is 0 Å². The minimum atomic E-state index is -1.30. The zero-order valence-corrected chi connectivity index (χ0v) is 28.8.